The molecule has 1 aromatic rings. The molecule has 1 aliphatic heterocycles. The second-order valence-electron chi connectivity index (χ2n) is 4.60. The summed E-state index contributed by atoms with van der Waals surface area (Å²) in [5.41, 5.74) is 0. The molecule has 0 radical (unpaired) electrons. The summed E-state index contributed by atoms with van der Waals surface area (Å²) in [5, 5.41) is 16.0. The predicted molar refractivity (Wildman–Crippen MR) is 76.0 cm³/mol. The topological polar surface area (TPSA) is 83.7 Å². The fourth-order valence-electron chi connectivity index (χ4n) is 2.09. The molecule has 1 aliphatic rings. The van der Waals surface area contributed by atoms with Gasteiger partial charge in [0, 0.05) is 25.6 Å². The number of furan rings is 1. The van der Waals surface area contributed by atoms with Gasteiger partial charge in [0.15, 0.2) is 0 Å². The van der Waals surface area contributed by atoms with Crippen molar-refractivity contribution in [3.63, 3.8) is 0 Å². The van der Waals surface area contributed by atoms with E-state index >= 15 is 0 Å². The van der Waals surface area contributed by atoms with Crippen molar-refractivity contribution in [2.24, 2.45) is 5.92 Å². The van der Waals surface area contributed by atoms with Crippen LogP contribution in [0.4, 0.5) is 0 Å². The molecule has 0 saturated carbocycles. The lowest BCUT2D eigenvalue weighted by atomic mass is 10.1. The maximum atomic E-state index is 11.4. The molecule has 0 amide bonds. The minimum absolute atomic E-state index is 0. The molecule has 114 valence electrons. The number of hydrogen-bond acceptors (Lipinski definition) is 6. The van der Waals surface area contributed by atoms with E-state index in [0.717, 1.165) is 6.54 Å². The second-order valence-corrected chi connectivity index (χ2v) is 4.60. The van der Waals surface area contributed by atoms with Crippen molar-refractivity contribution in [1.29, 1.82) is 0 Å². The number of ether oxygens (including phenoxy) is 1. The highest BCUT2D eigenvalue weighted by atomic mass is 35.5. The summed E-state index contributed by atoms with van der Waals surface area (Å²) in [6.07, 6.45) is -0.292. The number of carbonyl (C=O) groups excluding carboxylic acids is 1. The Labute approximate surface area is 124 Å². The van der Waals surface area contributed by atoms with Crippen LogP contribution < -0.4 is 10.6 Å². The van der Waals surface area contributed by atoms with Gasteiger partial charge in [-0.1, -0.05) is 0 Å². The maximum absolute atomic E-state index is 11.4. The Balaban J connectivity index is 0.00000200. The molecule has 1 saturated heterocycles. The summed E-state index contributed by atoms with van der Waals surface area (Å²) in [6, 6.07) is 3.36. The molecule has 0 bridgehead atoms. The molecule has 2 unspecified atom stereocenters. The van der Waals surface area contributed by atoms with Gasteiger partial charge in [0.2, 0.25) is 5.76 Å². The molecular formula is C13H21ClN2O4. The van der Waals surface area contributed by atoms with Crippen molar-refractivity contribution < 1.29 is 19.1 Å². The van der Waals surface area contributed by atoms with Gasteiger partial charge < -0.3 is 24.9 Å². The molecule has 3 N–H and O–H groups in total. The van der Waals surface area contributed by atoms with Gasteiger partial charge in [-0.3, -0.25) is 0 Å². The maximum Gasteiger partial charge on any atom is 0.374 e. The van der Waals surface area contributed by atoms with Gasteiger partial charge in [0.05, 0.1) is 19.3 Å². The first-order valence-corrected chi connectivity index (χ1v) is 6.56. The van der Waals surface area contributed by atoms with Crippen LogP contribution in [0.15, 0.2) is 16.5 Å². The molecule has 20 heavy (non-hydrogen) atoms. The average molecular weight is 305 g/mol. The summed E-state index contributed by atoms with van der Waals surface area (Å²) < 4.78 is 10.2. The molecule has 1 fully saturated rings. The van der Waals surface area contributed by atoms with Crippen LogP contribution in [0.5, 0.6) is 0 Å². The van der Waals surface area contributed by atoms with Gasteiger partial charge in [-0.2, -0.15) is 0 Å². The Bertz CT molecular complexity index is 424. The summed E-state index contributed by atoms with van der Waals surface area (Å²) >= 11 is 0. The van der Waals surface area contributed by atoms with Gasteiger partial charge >= 0.3 is 5.97 Å². The standard InChI is InChI=1S/C13H20N2O4.ClH/c1-2-18-13(17)12-4-3-10(19-12)7-14-5-9-6-15-8-11(9)16;/h3-4,9,11,14-16H,2,5-8H2,1H3;1H. The van der Waals surface area contributed by atoms with Crippen molar-refractivity contribution in [1.82, 2.24) is 10.6 Å². The van der Waals surface area contributed by atoms with Gasteiger partial charge in [0.25, 0.3) is 0 Å². The SMILES string of the molecule is CCOC(=O)c1ccc(CNCC2CNCC2O)o1.Cl. The van der Waals surface area contributed by atoms with E-state index in [2.05, 4.69) is 10.6 Å². The van der Waals surface area contributed by atoms with Crippen molar-refractivity contribution in [3.8, 4) is 0 Å². The van der Waals surface area contributed by atoms with Crippen LogP contribution >= 0.6 is 12.4 Å². The van der Waals surface area contributed by atoms with Crippen molar-refractivity contribution >= 4 is 18.4 Å². The number of rotatable bonds is 6. The van der Waals surface area contributed by atoms with E-state index in [1.54, 1.807) is 19.1 Å². The van der Waals surface area contributed by atoms with Crippen molar-refractivity contribution in [3.05, 3.63) is 23.7 Å². The first-order chi connectivity index (χ1) is 9.20. The lowest BCUT2D eigenvalue weighted by Gasteiger charge is -2.13. The van der Waals surface area contributed by atoms with Crippen LogP contribution in [-0.2, 0) is 11.3 Å². The number of halogens is 1. The summed E-state index contributed by atoms with van der Waals surface area (Å²) in [7, 11) is 0. The zero-order chi connectivity index (χ0) is 13.7. The van der Waals surface area contributed by atoms with Crippen molar-refractivity contribution in [2.45, 2.75) is 19.6 Å². The van der Waals surface area contributed by atoms with Gasteiger partial charge in [-0.05, 0) is 19.1 Å². The molecule has 7 heteroatoms. The van der Waals surface area contributed by atoms with E-state index in [1.807, 2.05) is 0 Å². The van der Waals surface area contributed by atoms with Crippen LogP contribution in [0.2, 0.25) is 0 Å². The normalized spacial score (nSPS) is 21.5. The largest absolute Gasteiger partial charge is 0.460 e. The third kappa shape index (κ3) is 4.49. The number of nitrogens with one attached hydrogen (secondary N) is 2. The third-order valence-electron chi connectivity index (χ3n) is 3.15. The molecule has 0 spiro atoms. The average Bonchev–Trinajstić information content (AvgIpc) is 3.00. The fourth-order valence-corrected chi connectivity index (χ4v) is 2.09. The summed E-state index contributed by atoms with van der Waals surface area (Å²) in [6.45, 7) is 4.80. The molecule has 1 aromatic heterocycles. The van der Waals surface area contributed by atoms with Crippen LogP contribution in [-0.4, -0.2) is 43.4 Å². The first-order valence-electron chi connectivity index (χ1n) is 6.56. The zero-order valence-electron chi connectivity index (χ0n) is 11.4. The van der Waals surface area contributed by atoms with E-state index < -0.39 is 5.97 Å². The third-order valence-corrected chi connectivity index (χ3v) is 3.15. The number of esters is 1. The molecule has 2 heterocycles. The Morgan fingerprint density at radius 1 is 1.55 bits per heavy atom. The van der Waals surface area contributed by atoms with E-state index in [0.29, 0.717) is 32.0 Å². The lowest BCUT2D eigenvalue weighted by molar-refractivity contribution is 0.0488. The Hall–Kier alpha value is -1.08. The van der Waals surface area contributed by atoms with E-state index in [9.17, 15) is 9.90 Å². The molecule has 2 rings (SSSR count). The van der Waals surface area contributed by atoms with Crippen LogP contribution in [0.1, 0.15) is 23.2 Å². The molecule has 2 atom stereocenters. The Kier molecular flexibility index (Phi) is 7.01. The van der Waals surface area contributed by atoms with Gasteiger partial charge in [-0.25, -0.2) is 4.79 Å². The van der Waals surface area contributed by atoms with Crippen molar-refractivity contribution in [2.75, 3.05) is 26.2 Å². The second kappa shape index (κ2) is 8.26. The van der Waals surface area contributed by atoms with E-state index in [4.69, 9.17) is 9.15 Å². The first kappa shape index (κ1) is 17.0. The highest BCUT2D eigenvalue weighted by molar-refractivity contribution is 5.86. The molecular weight excluding hydrogens is 284 g/mol. The minimum atomic E-state index is -0.441. The molecule has 0 aliphatic carbocycles. The molecule has 6 nitrogen and oxygen atoms in total. The highest BCUT2D eigenvalue weighted by Gasteiger charge is 2.24. The quantitative estimate of drug-likeness (QED) is 0.666. The van der Waals surface area contributed by atoms with E-state index in [-0.39, 0.29) is 30.2 Å². The number of β-amino-alcohol motifs (C(OH)–C–C–N with tert-alkyl or cyclic N) is 1. The summed E-state index contributed by atoms with van der Waals surface area (Å²) in [5.74, 6) is 0.688. The van der Waals surface area contributed by atoms with Gasteiger partial charge in [0.1, 0.15) is 5.76 Å². The smallest absolute Gasteiger partial charge is 0.374 e. The predicted octanol–water partition coefficient (Wildman–Crippen LogP) is 0.548. The zero-order valence-corrected chi connectivity index (χ0v) is 12.2. The molecule has 0 aromatic carbocycles. The minimum Gasteiger partial charge on any atom is -0.460 e. The number of carbonyl (C=O) groups is 1. The van der Waals surface area contributed by atoms with Crippen LogP contribution in [0, 0.1) is 5.92 Å². The van der Waals surface area contributed by atoms with Crippen LogP contribution in [0.25, 0.3) is 0 Å². The highest BCUT2D eigenvalue weighted by Crippen LogP contribution is 2.10. The number of aliphatic hydroxyl groups is 1. The fraction of sp³-hybridized carbons (Fsp3) is 0.615. The number of aliphatic hydroxyl groups excluding tert-OH is 1. The summed E-state index contributed by atoms with van der Waals surface area (Å²) in [4.78, 5) is 11.4. The lowest BCUT2D eigenvalue weighted by Crippen LogP contribution is -2.30. The Morgan fingerprint density at radius 2 is 2.35 bits per heavy atom. The Morgan fingerprint density at radius 3 is 3.00 bits per heavy atom. The van der Waals surface area contributed by atoms with Gasteiger partial charge in [-0.15, -0.1) is 12.4 Å². The monoisotopic (exact) mass is 304 g/mol. The number of hydrogen-bond donors (Lipinski definition) is 3. The van der Waals surface area contributed by atoms with Crippen LogP contribution in [0.3, 0.4) is 0 Å². The van der Waals surface area contributed by atoms with E-state index in [1.165, 1.54) is 0 Å².